The zero-order valence-electron chi connectivity index (χ0n) is 15.1. The Morgan fingerprint density at radius 2 is 1.93 bits per heavy atom. The van der Waals surface area contributed by atoms with Crippen molar-refractivity contribution in [3.8, 4) is 5.75 Å². The van der Waals surface area contributed by atoms with Gasteiger partial charge in [0, 0.05) is 18.3 Å². The number of amides is 1. The van der Waals surface area contributed by atoms with Gasteiger partial charge in [-0.25, -0.2) is 4.98 Å². The van der Waals surface area contributed by atoms with Crippen molar-refractivity contribution in [3.63, 3.8) is 0 Å². The molecule has 1 N–H and O–H groups in total. The zero-order chi connectivity index (χ0) is 19.1. The summed E-state index contributed by atoms with van der Waals surface area (Å²) in [7, 11) is 0. The van der Waals surface area contributed by atoms with Gasteiger partial charge in [-0.3, -0.25) is 14.9 Å². The molecule has 0 saturated heterocycles. The number of anilines is 1. The van der Waals surface area contributed by atoms with Crippen LogP contribution in [0.2, 0.25) is 0 Å². The molecular weight excluding hydrogens is 346 g/mol. The Bertz CT molecular complexity index is 786. The predicted molar refractivity (Wildman–Crippen MR) is 102 cm³/mol. The van der Waals surface area contributed by atoms with E-state index in [4.69, 9.17) is 4.74 Å². The van der Waals surface area contributed by atoms with Gasteiger partial charge in [-0.2, -0.15) is 0 Å². The lowest BCUT2D eigenvalue weighted by atomic mass is 9.90. The SMILES string of the molecule is O=C(Cc1ccc([N+](=O)[O-])cc1)Nc1ncccc1OCC1CCCCC1. The molecule has 0 bridgehead atoms. The summed E-state index contributed by atoms with van der Waals surface area (Å²) >= 11 is 0. The normalized spacial score (nSPS) is 14.5. The number of nitrogens with zero attached hydrogens (tertiary/aromatic N) is 2. The molecule has 1 saturated carbocycles. The summed E-state index contributed by atoms with van der Waals surface area (Å²) in [5.41, 5.74) is 0.695. The molecule has 1 amide bonds. The maximum absolute atomic E-state index is 12.3. The zero-order valence-corrected chi connectivity index (χ0v) is 15.1. The molecule has 1 heterocycles. The van der Waals surface area contributed by atoms with Gasteiger partial charge in [0.25, 0.3) is 5.69 Å². The molecule has 0 atom stereocenters. The van der Waals surface area contributed by atoms with E-state index >= 15 is 0 Å². The number of non-ortho nitro benzene ring substituents is 1. The van der Waals surface area contributed by atoms with Crippen LogP contribution in [-0.4, -0.2) is 22.4 Å². The number of carbonyl (C=O) groups excluding carboxylic acids is 1. The lowest BCUT2D eigenvalue weighted by molar-refractivity contribution is -0.384. The van der Waals surface area contributed by atoms with Gasteiger partial charge in [-0.15, -0.1) is 0 Å². The fourth-order valence-corrected chi connectivity index (χ4v) is 3.26. The molecule has 7 heteroatoms. The van der Waals surface area contributed by atoms with Gasteiger partial charge in [0.1, 0.15) is 0 Å². The molecule has 0 unspecified atom stereocenters. The highest BCUT2D eigenvalue weighted by Gasteiger charge is 2.16. The number of nitro benzene ring substituents is 1. The van der Waals surface area contributed by atoms with E-state index in [1.807, 2.05) is 0 Å². The molecule has 3 rings (SSSR count). The van der Waals surface area contributed by atoms with Crippen molar-refractivity contribution >= 4 is 17.4 Å². The van der Waals surface area contributed by atoms with Gasteiger partial charge < -0.3 is 10.1 Å². The third-order valence-electron chi connectivity index (χ3n) is 4.74. The largest absolute Gasteiger partial charge is 0.489 e. The summed E-state index contributed by atoms with van der Waals surface area (Å²) < 4.78 is 5.92. The minimum absolute atomic E-state index is 0.00211. The van der Waals surface area contributed by atoms with Crippen LogP contribution in [0.15, 0.2) is 42.6 Å². The molecule has 27 heavy (non-hydrogen) atoms. The van der Waals surface area contributed by atoms with E-state index in [1.165, 1.54) is 44.2 Å². The van der Waals surface area contributed by atoms with Crippen molar-refractivity contribution in [1.29, 1.82) is 0 Å². The molecule has 0 aliphatic heterocycles. The maximum Gasteiger partial charge on any atom is 0.269 e. The van der Waals surface area contributed by atoms with Crippen LogP contribution in [0, 0.1) is 16.0 Å². The van der Waals surface area contributed by atoms with Crippen molar-refractivity contribution in [1.82, 2.24) is 4.98 Å². The van der Waals surface area contributed by atoms with E-state index in [0.29, 0.717) is 29.7 Å². The maximum atomic E-state index is 12.3. The average molecular weight is 369 g/mol. The van der Waals surface area contributed by atoms with Crippen molar-refractivity contribution in [3.05, 3.63) is 58.3 Å². The van der Waals surface area contributed by atoms with Crippen LogP contribution in [-0.2, 0) is 11.2 Å². The average Bonchev–Trinajstić information content (AvgIpc) is 2.68. The first-order chi connectivity index (χ1) is 13.1. The van der Waals surface area contributed by atoms with E-state index in [-0.39, 0.29) is 18.0 Å². The van der Waals surface area contributed by atoms with Crippen LogP contribution >= 0.6 is 0 Å². The third-order valence-corrected chi connectivity index (χ3v) is 4.74. The van der Waals surface area contributed by atoms with E-state index < -0.39 is 4.92 Å². The number of pyridine rings is 1. The van der Waals surface area contributed by atoms with Gasteiger partial charge in [0.15, 0.2) is 11.6 Å². The van der Waals surface area contributed by atoms with Gasteiger partial charge in [-0.1, -0.05) is 31.4 Å². The molecule has 1 fully saturated rings. The molecule has 142 valence electrons. The second-order valence-electron chi connectivity index (χ2n) is 6.81. The predicted octanol–water partition coefficient (Wildman–Crippen LogP) is 4.13. The van der Waals surface area contributed by atoms with Gasteiger partial charge in [-0.05, 0) is 36.5 Å². The highest BCUT2D eigenvalue weighted by Crippen LogP contribution is 2.27. The fraction of sp³-hybridized carbons (Fsp3) is 0.400. The first kappa shape index (κ1) is 18.8. The number of ether oxygens (including phenoxy) is 1. The number of nitro groups is 1. The van der Waals surface area contributed by atoms with Crippen molar-refractivity contribution in [2.75, 3.05) is 11.9 Å². The summed E-state index contributed by atoms with van der Waals surface area (Å²) in [4.78, 5) is 26.8. The smallest absolute Gasteiger partial charge is 0.269 e. The summed E-state index contributed by atoms with van der Waals surface area (Å²) in [5.74, 6) is 1.29. The fourth-order valence-electron chi connectivity index (χ4n) is 3.26. The molecule has 1 aromatic heterocycles. The number of rotatable bonds is 7. The van der Waals surface area contributed by atoms with Crippen LogP contribution in [0.3, 0.4) is 0 Å². The molecular formula is C20H23N3O4. The highest BCUT2D eigenvalue weighted by molar-refractivity contribution is 5.92. The summed E-state index contributed by atoms with van der Waals surface area (Å²) in [6.07, 6.45) is 7.88. The standard InChI is InChI=1S/C20H23N3O4/c24-19(13-15-8-10-17(11-9-15)23(25)26)22-20-18(7-4-12-21-20)27-14-16-5-2-1-3-6-16/h4,7-12,16H,1-3,5-6,13-14H2,(H,21,22,24). The molecule has 2 aromatic rings. The van der Waals surface area contributed by atoms with E-state index in [2.05, 4.69) is 10.3 Å². The minimum atomic E-state index is -0.465. The highest BCUT2D eigenvalue weighted by atomic mass is 16.6. The molecule has 7 nitrogen and oxygen atoms in total. The van der Waals surface area contributed by atoms with Crippen molar-refractivity contribution in [2.45, 2.75) is 38.5 Å². The molecule has 1 aliphatic carbocycles. The number of carbonyl (C=O) groups is 1. The second-order valence-corrected chi connectivity index (χ2v) is 6.81. The Labute approximate surface area is 157 Å². The summed E-state index contributed by atoms with van der Waals surface area (Å²) in [6.45, 7) is 0.636. The number of nitrogens with one attached hydrogen (secondary N) is 1. The van der Waals surface area contributed by atoms with E-state index in [1.54, 1.807) is 30.5 Å². The van der Waals surface area contributed by atoms with Gasteiger partial charge >= 0.3 is 0 Å². The van der Waals surface area contributed by atoms with Crippen LogP contribution in [0.25, 0.3) is 0 Å². The van der Waals surface area contributed by atoms with E-state index in [0.717, 1.165) is 0 Å². The minimum Gasteiger partial charge on any atom is -0.489 e. The summed E-state index contributed by atoms with van der Waals surface area (Å²) in [5, 5.41) is 13.5. The number of hydrogen-bond donors (Lipinski definition) is 1. The van der Waals surface area contributed by atoms with Crippen molar-refractivity contribution < 1.29 is 14.5 Å². The lowest BCUT2D eigenvalue weighted by Gasteiger charge is -2.22. The number of hydrogen-bond acceptors (Lipinski definition) is 5. The Kier molecular flexibility index (Phi) is 6.35. The molecule has 0 spiro atoms. The second kappa shape index (κ2) is 9.12. The monoisotopic (exact) mass is 369 g/mol. The Balaban J connectivity index is 1.57. The molecule has 1 aliphatic rings. The quantitative estimate of drug-likeness (QED) is 0.585. The van der Waals surface area contributed by atoms with Crippen LogP contribution in [0.4, 0.5) is 11.5 Å². The number of aromatic nitrogens is 1. The molecule has 1 aromatic carbocycles. The van der Waals surface area contributed by atoms with Gasteiger partial charge in [0.2, 0.25) is 5.91 Å². The van der Waals surface area contributed by atoms with Crippen LogP contribution in [0.1, 0.15) is 37.7 Å². The molecule has 0 radical (unpaired) electrons. The van der Waals surface area contributed by atoms with E-state index in [9.17, 15) is 14.9 Å². The number of benzene rings is 1. The van der Waals surface area contributed by atoms with Crippen LogP contribution < -0.4 is 10.1 Å². The lowest BCUT2D eigenvalue weighted by Crippen LogP contribution is -2.18. The van der Waals surface area contributed by atoms with Gasteiger partial charge in [0.05, 0.1) is 18.0 Å². The Morgan fingerprint density at radius 3 is 2.63 bits per heavy atom. The first-order valence-electron chi connectivity index (χ1n) is 9.23. The first-order valence-corrected chi connectivity index (χ1v) is 9.23. The summed E-state index contributed by atoms with van der Waals surface area (Å²) in [6, 6.07) is 9.52. The Hall–Kier alpha value is -2.96. The van der Waals surface area contributed by atoms with Crippen LogP contribution in [0.5, 0.6) is 5.75 Å². The van der Waals surface area contributed by atoms with Crippen molar-refractivity contribution in [2.24, 2.45) is 5.92 Å². The third kappa shape index (κ3) is 5.51. The topological polar surface area (TPSA) is 94.4 Å². The Morgan fingerprint density at radius 1 is 1.19 bits per heavy atom.